The third-order valence-corrected chi connectivity index (χ3v) is 6.06. The van der Waals surface area contributed by atoms with Crippen molar-refractivity contribution in [1.29, 1.82) is 5.26 Å². The number of nitrogens with zero attached hydrogens (tertiary/aromatic N) is 3. The monoisotopic (exact) mass is 498 g/mol. The van der Waals surface area contributed by atoms with E-state index >= 15 is 0 Å². The van der Waals surface area contributed by atoms with Crippen LogP contribution >= 0.6 is 0 Å². The molecule has 0 spiro atoms. The number of benzene rings is 2. The summed E-state index contributed by atoms with van der Waals surface area (Å²) in [6.45, 7) is -0.0157. The van der Waals surface area contributed by atoms with Gasteiger partial charge in [0.15, 0.2) is 0 Å². The van der Waals surface area contributed by atoms with E-state index in [2.05, 4.69) is 21.4 Å². The van der Waals surface area contributed by atoms with Crippen molar-refractivity contribution < 1.29 is 23.8 Å². The van der Waals surface area contributed by atoms with Crippen molar-refractivity contribution in [3.8, 4) is 17.7 Å². The zero-order valence-corrected chi connectivity index (χ0v) is 20.5. The van der Waals surface area contributed by atoms with Crippen LogP contribution in [0.1, 0.15) is 34.7 Å². The standard InChI is InChI=1S/C28H26N4O5/c1-35-22-10-6-18(7-11-22)8-12-23-25(27(33)37-17-20-5-3-4-19(14-20)15-29)26(32-28(34)31-23)21-9-13-24(36-2)30-16-21/h3-7,9-11,13-14,16,25-26H,8,12,17H2,1-2H3,(H,32,34). The van der Waals surface area contributed by atoms with Crippen LogP contribution in [0.15, 0.2) is 71.9 Å². The first-order valence-corrected chi connectivity index (χ1v) is 11.7. The average molecular weight is 499 g/mol. The largest absolute Gasteiger partial charge is 0.497 e. The summed E-state index contributed by atoms with van der Waals surface area (Å²) in [6, 6.07) is 18.7. The number of aliphatic imine (C=N–C) groups is 1. The Morgan fingerprint density at radius 2 is 1.84 bits per heavy atom. The second-order valence-corrected chi connectivity index (χ2v) is 8.41. The molecule has 2 aromatic carbocycles. The molecule has 1 aliphatic heterocycles. The number of rotatable bonds is 9. The number of nitrogens with one attached hydrogen (secondary N) is 1. The van der Waals surface area contributed by atoms with E-state index < -0.39 is 24.0 Å². The number of nitriles is 1. The molecule has 2 amide bonds. The molecule has 0 saturated carbocycles. The van der Waals surface area contributed by atoms with Crippen LogP contribution in [0.4, 0.5) is 4.79 Å². The van der Waals surface area contributed by atoms with Crippen molar-refractivity contribution >= 4 is 17.7 Å². The molecular weight excluding hydrogens is 472 g/mol. The predicted octanol–water partition coefficient (Wildman–Crippen LogP) is 4.17. The van der Waals surface area contributed by atoms with E-state index in [4.69, 9.17) is 19.5 Å². The summed E-state index contributed by atoms with van der Waals surface area (Å²) in [5.41, 5.74) is 3.22. The Kier molecular flexibility index (Phi) is 8.11. The predicted molar refractivity (Wildman–Crippen MR) is 135 cm³/mol. The molecule has 9 heteroatoms. The van der Waals surface area contributed by atoms with Crippen molar-refractivity contribution in [2.24, 2.45) is 10.9 Å². The number of aromatic nitrogens is 1. The van der Waals surface area contributed by atoms with E-state index in [0.717, 1.165) is 11.3 Å². The van der Waals surface area contributed by atoms with Gasteiger partial charge in [-0.05, 0) is 53.8 Å². The van der Waals surface area contributed by atoms with Crippen LogP contribution < -0.4 is 14.8 Å². The van der Waals surface area contributed by atoms with Crippen molar-refractivity contribution in [3.05, 3.63) is 89.1 Å². The number of carbonyl (C=O) groups excluding carboxylic acids is 2. The molecular formula is C28H26N4O5. The van der Waals surface area contributed by atoms with Crippen LogP contribution in [0.5, 0.6) is 11.6 Å². The third-order valence-electron chi connectivity index (χ3n) is 6.06. The molecule has 0 aliphatic carbocycles. The molecule has 4 rings (SSSR count). The minimum atomic E-state index is -0.856. The molecule has 3 aromatic rings. The molecule has 1 aromatic heterocycles. The quantitative estimate of drug-likeness (QED) is 0.439. The molecule has 2 atom stereocenters. The first-order chi connectivity index (χ1) is 18.0. The lowest BCUT2D eigenvalue weighted by molar-refractivity contribution is -0.148. The number of hydrogen-bond donors (Lipinski definition) is 1. The third kappa shape index (κ3) is 6.30. The highest BCUT2D eigenvalue weighted by Crippen LogP contribution is 2.30. The van der Waals surface area contributed by atoms with Gasteiger partial charge in [0.05, 0.1) is 31.9 Å². The highest BCUT2D eigenvalue weighted by molar-refractivity contribution is 6.09. The van der Waals surface area contributed by atoms with E-state index in [1.807, 2.05) is 24.3 Å². The van der Waals surface area contributed by atoms with Crippen molar-refractivity contribution in [2.45, 2.75) is 25.5 Å². The van der Waals surface area contributed by atoms with Gasteiger partial charge in [-0.2, -0.15) is 5.26 Å². The lowest BCUT2D eigenvalue weighted by Gasteiger charge is -2.31. The molecule has 1 aliphatic rings. The van der Waals surface area contributed by atoms with E-state index in [0.29, 0.717) is 41.1 Å². The molecule has 0 radical (unpaired) electrons. The first-order valence-electron chi connectivity index (χ1n) is 11.7. The van der Waals surface area contributed by atoms with Crippen LogP contribution in [0.25, 0.3) is 0 Å². The molecule has 0 bridgehead atoms. The number of carbonyl (C=O) groups is 2. The van der Waals surface area contributed by atoms with E-state index in [-0.39, 0.29) is 6.61 Å². The number of esters is 1. The van der Waals surface area contributed by atoms with Gasteiger partial charge in [0.1, 0.15) is 18.3 Å². The molecule has 1 N–H and O–H groups in total. The van der Waals surface area contributed by atoms with Crippen LogP contribution in [0.2, 0.25) is 0 Å². The van der Waals surface area contributed by atoms with Crippen LogP contribution in [0, 0.1) is 17.2 Å². The summed E-state index contributed by atoms with van der Waals surface area (Å²) >= 11 is 0. The topological polar surface area (TPSA) is 123 Å². The number of aryl methyl sites for hydroxylation is 1. The van der Waals surface area contributed by atoms with Crippen LogP contribution in [-0.2, 0) is 22.6 Å². The smallest absolute Gasteiger partial charge is 0.341 e. The Hall–Kier alpha value is -4.71. The normalized spacial score (nSPS) is 16.7. The number of hydrogen-bond acceptors (Lipinski definition) is 7. The summed E-state index contributed by atoms with van der Waals surface area (Å²) in [6.07, 6.45) is 2.51. The van der Waals surface area contributed by atoms with Crippen LogP contribution in [-0.4, -0.2) is 36.9 Å². The Morgan fingerprint density at radius 1 is 1.03 bits per heavy atom. The van der Waals surface area contributed by atoms with Gasteiger partial charge < -0.3 is 19.5 Å². The summed E-state index contributed by atoms with van der Waals surface area (Å²) in [7, 11) is 3.11. The van der Waals surface area contributed by atoms with Gasteiger partial charge >= 0.3 is 12.0 Å². The second-order valence-electron chi connectivity index (χ2n) is 8.41. The Labute approximate surface area is 214 Å². The fourth-order valence-electron chi connectivity index (χ4n) is 4.14. The Balaban J connectivity index is 1.59. The maximum absolute atomic E-state index is 13.5. The lowest BCUT2D eigenvalue weighted by atomic mass is 9.86. The van der Waals surface area contributed by atoms with Crippen LogP contribution in [0.3, 0.4) is 0 Å². The maximum atomic E-state index is 13.5. The lowest BCUT2D eigenvalue weighted by Crippen LogP contribution is -2.45. The summed E-state index contributed by atoms with van der Waals surface area (Å²) in [4.78, 5) is 34.4. The van der Waals surface area contributed by atoms with Gasteiger partial charge in [-0.3, -0.25) is 4.79 Å². The minimum absolute atomic E-state index is 0.0157. The number of amides is 2. The van der Waals surface area contributed by atoms with Gasteiger partial charge in [0, 0.05) is 18.0 Å². The van der Waals surface area contributed by atoms with Crippen molar-refractivity contribution in [1.82, 2.24) is 10.3 Å². The molecule has 9 nitrogen and oxygen atoms in total. The number of urea groups is 1. The molecule has 0 saturated heterocycles. The maximum Gasteiger partial charge on any atom is 0.341 e. The SMILES string of the molecule is COc1ccc(CCC2=NC(=O)NC(c3ccc(OC)nc3)C2C(=O)OCc2cccc(C#N)c2)cc1. The average Bonchev–Trinajstić information content (AvgIpc) is 2.94. The zero-order valence-electron chi connectivity index (χ0n) is 20.5. The minimum Gasteiger partial charge on any atom is -0.497 e. The fourth-order valence-corrected chi connectivity index (χ4v) is 4.14. The number of pyridine rings is 1. The second kappa shape index (κ2) is 11.8. The number of ether oxygens (including phenoxy) is 3. The van der Waals surface area contributed by atoms with Crippen molar-refractivity contribution in [2.75, 3.05) is 14.2 Å². The summed E-state index contributed by atoms with van der Waals surface area (Å²) < 4.78 is 16.0. The highest BCUT2D eigenvalue weighted by atomic mass is 16.5. The first kappa shape index (κ1) is 25.4. The van der Waals surface area contributed by atoms with Crippen molar-refractivity contribution in [3.63, 3.8) is 0 Å². The zero-order chi connectivity index (χ0) is 26.2. The molecule has 37 heavy (non-hydrogen) atoms. The highest BCUT2D eigenvalue weighted by Gasteiger charge is 2.39. The van der Waals surface area contributed by atoms with Gasteiger partial charge in [-0.25, -0.2) is 14.8 Å². The molecule has 2 unspecified atom stereocenters. The van der Waals surface area contributed by atoms with E-state index in [9.17, 15) is 9.59 Å². The molecule has 0 fully saturated rings. The van der Waals surface area contributed by atoms with E-state index in [1.165, 1.54) is 7.11 Å². The summed E-state index contributed by atoms with van der Waals surface area (Å²) in [5.74, 6) is -0.232. The summed E-state index contributed by atoms with van der Waals surface area (Å²) in [5, 5.41) is 11.9. The van der Waals surface area contributed by atoms with E-state index in [1.54, 1.807) is 49.7 Å². The fraction of sp³-hybridized carbons (Fsp3) is 0.250. The van der Waals surface area contributed by atoms with Gasteiger partial charge in [-0.15, -0.1) is 0 Å². The molecule has 188 valence electrons. The van der Waals surface area contributed by atoms with Gasteiger partial charge in [0.25, 0.3) is 0 Å². The Bertz CT molecular complexity index is 1330. The van der Waals surface area contributed by atoms with Gasteiger partial charge in [0.2, 0.25) is 5.88 Å². The van der Waals surface area contributed by atoms with Gasteiger partial charge in [-0.1, -0.05) is 30.3 Å². The number of methoxy groups -OCH3 is 2. The Morgan fingerprint density at radius 3 is 2.51 bits per heavy atom. The molecule has 2 heterocycles.